The van der Waals surface area contributed by atoms with Gasteiger partial charge in [-0.1, -0.05) is 25.3 Å². The Labute approximate surface area is 68.5 Å². The van der Waals surface area contributed by atoms with Gasteiger partial charge in [0.15, 0.2) is 5.78 Å². The molecule has 62 valence electrons. The molecule has 0 heterocycles. The second-order valence-electron chi connectivity index (χ2n) is 3.37. The van der Waals surface area contributed by atoms with Crippen LogP contribution in [0.2, 0.25) is 0 Å². The summed E-state index contributed by atoms with van der Waals surface area (Å²) in [4.78, 5) is 10.6. The molecule has 0 saturated heterocycles. The number of allylic oxidation sites excluding steroid dienone is 2. The third-order valence-corrected chi connectivity index (χ3v) is 2.25. The van der Waals surface area contributed by atoms with Gasteiger partial charge in [0.2, 0.25) is 0 Å². The molecular formula is C10H16O. The Kier molecular flexibility index (Phi) is 3.34. The molecule has 0 aromatic heterocycles. The quantitative estimate of drug-likeness (QED) is 0.556. The second-order valence-corrected chi connectivity index (χ2v) is 3.37. The van der Waals surface area contributed by atoms with Crippen molar-refractivity contribution in [1.29, 1.82) is 0 Å². The highest BCUT2D eigenvalue weighted by Crippen LogP contribution is 2.24. The van der Waals surface area contributed by atoms with Crippen LogP contribution in [0.1, 0.15) is 39.0 Å². The molecule has 1 saturated carbocycles. The minimum Gasteiger partial charge on any atom is -0.295 e. The molecule has 0 spiro atoms. The lowest BCUT2D eigenvalue weighted by molar-refractivity contribution is -0.112. The molecular weight excluding hydrogens is 136 g/mol. The topological polar surface area (TPSA) is 17.1 Å². The first-order valence-corrected chi connectivity index (χ1v) is 4.48. The molecule has 1 heteroatoms. The van der Waals surface area contributed by atoms with Crippen molar-refractivity contribution in [1.82, 2.24) is 0 Å². The smallest absolute Gasteiger partial charge is 0.152 e. The molecule has 0 radical (unpaired) electrons. The molecule has 1 rings (SSSR count). The van der Waals surface area contributed by atoms with Crippen molar-refractivity contribution in [3.63, 3.8) is 0 Å². The Morgan fingerprint density at radius 1 is 1.27 bits per heavy atom. The van der Waals surface area contributed by atoms with Crippen molar-refractivity contribution in [2.45, 2.75) is 39.0 Å². The molecule has 0 aliphatic heterocycles. The van der Waals surface area contributed by atoms with Crippen molar-refractivity contribution in [3.05, 3.63) is 12.2 Å². The molecule has 1 nitrogen and oxygen atoms in total. The number of ketones is 1. The number of hydrogen-bond donors (Lipinski definition) is 0. The van der Waals surface area contributed by atoms with Crippen LogP contribution in [0.3, 0.4) is 0 Å². The number of rotatable bonds is 2. The molecule has 0 aromatic carbocycles. The van der Waals surface area contributed by atoms with Crippen LogP contribution in [-0.4, -0.2) is 5.78 Å². The summed E-state index contributed by atoms with van der Waals surface area (Å²) in [6.45, 7) is 1.61. The molecule has 0 bridgehead atoms. The standard InChI is InChI=1S/C10H16O/c1-9(11)7-8-10-5-3-2-4-6-10/h7-8,10H,2-6H2,1H3/b8-7-. The van der Waals surface area contributed by atoms with Crippen LogP contribution < -0.4 is 0 Å². The lowest BCUT2D eigenvalue weighted by Gasteiger charge is -2.17. The summed E-state index contributed by atoms with van der Waals surface area (Å²) in [6.07, 6.45) is 10.4. The zero-order valence-corrected chi connectivity index (χ0v) is 7.18. The maximum Gasteiger partial charge on any atom is 0.152 e. The molecule has 0 atom stereocenters. The predicted molar refractivity (Wildman–Crippen MR) is 46.4 cm³/mol. The molecule has 1 fully saturated rings. The van der Waals surface area contributed by atoms with E-state index in [0.717, 1.165) is 0 Å². The Morgan fingerprint density at radius 3 is 2.45 bits per heavy atom. The Morgan fingerprint density at radius 2 is 1.91 bits per heavy atom. The molecule has 0 aromatic rings. The van der Waals surface area contributed by atoms with Gasteiger partial charge in [0.1, 0.15) is 0 Å². The fourth-order valence-electron chi connectivity index (χ4n) is 1.60. The minimum absolute atomic E-state index is 0.176. The van der Waals surface area contributed by atoms with Crippen LogP contribution in [-0.2, 0) is 4.79 Å². The molecule has 1 aliphatic rings. The van der Waals surface area contributed by atoms with E-state index in [9.17, 15) is 4.79 Å². The van der Waals surface area contributed by atoms with Gasteiger partial charge in [-0.2, -0.15) is 0 Å². The zero-order valence-electron chi connectivity index (χ0n) is 7.18. The van der Waals surface area contributed by atoms with E-state index >= 15 is 0 Å². The minimum atomic E-state index is 0.176. The van der Waals surface area contributed by atoms with Gasteiger partial charge in [0, 0.05) is 0 Å². The highest BCUT2D eigenvalue weighted by molar-refractivity contribution is 5.87. The zero-order chi connectivity index (χ0) is 8.10. The third kappa shape index (κ3) is 3.35. The number of carbonyl (C=O) groups is 1. The van der Waals surface area contributed by atoms with E-state index in [4.69, 9.17) is 0 Å². The first kappa shape index (κ1) is 8.51. The van der Waals surface area contributed by atoms with Crippen LogP contribution in [0.4, 0.5) is 0 Å². The summed E-state index contributed by atoms with van der Waals surface area (Å²) < 4.78 is 0. The molecule has 0 amide bonds. The summed E-state index contributed by atoms with van der Waals surface area (Å²) in [5.41, 5.74) is 0. The van der Waals surface area contributed by atoms with Gasteiger partial charge < -0.3 is 0 Å². The van der Waals surface area contributed by atoms with Crippen molar-refractivity contribution >= 4 is 5.78 Å². The van der Waals surface area contributed by atoms with E-state index in [-0.39, 0.29) is 5.78 Å². The van der Waals surface area contributed by atoms with Crippen LogP contribution in [0, 0.1) is 5.92 Å². The highest BCUT2D eigenvalue weighted by atomic mass is 16.1. The van der Waals surface area contributed by atoms with E-state index in [1.807, 2.05) is 0 Å². The fraction of sp³-hybridized carbons (Fsp3) is 0.700. The van der Waals surface area contributed by atoms with E-state index in [1.165, 1.54) is 32.1 Å². The Bertz CT molecular complexity index is 152. The van der Waals surface area contributed by atoms with Gasteiger partial charge in [0.25, 0.3) is 0 Å². The summed E-state index contributed by atoms with van der Waals surface area (Å²) in [5, 5.41) is 0. The van der Waals surface area contributed by atoms with Crippen LogP contribution in [0.5, 0.6) is 0 Å². The lowest BCUT2D eigenvalue weighted by Crippen LogP contribution is -2.03. The summed E-state index contributed by atoms with van der Waals surface area (Å²) >= 11 is 0. The lowest BCUT2D eigenvalue weighted by atomic mass is 9.89. The van der Waals surface area contributed by atoms with E-state index in [1.54, 1.807) is 13.0 Å². The largest absolute Gasteiger partial charge is 0.295 e. The van der Waals surface area contributed by atoms with E-state index < -0.39 is 0 Å². The summed E-state index contributed by atoms with van der Waals surface area (Å²) in [5.74, 6) is 0.864. The first-order chi connectivity index (χ1) is 5.29. The summed E-state index contributed by atoms with van der Waals surface area (Å²) in [6, 6.07) is 0. The van der Waals surface area contributed by atoms with Gasteiger partial charge in [-0.15, -0.1) is 0 Å². The van der Waals surface area contributed by atoms with Crippen LogP contribution in [0.15, 0.2) is 12.2 Å². The van der Waals surface area contributed by atoms with Gasteiger partial charge in [-0.3, -0.25) is 4.79 Å². The monoisotopic (exact) mass is 152 g/mol. The molecule has 1 aliphatic carbocycles. The maximum atomic E-state index is 10.6. The van der Waals surface area contributed by atoms with Crippen molar-refractivity contribution in [2.75, 3.05) is 0 Å². The van der Waals surface area contributed by atoms with Gasteiger partial charge in [0.05, 0.1) is 0 Å². The SMILES string of the molecule is CC(=O)/C=C\C1CCCCC1. The number of hydrogen-bond acceptors (Lipinski definition) is 1. The van der Waals surface area contributed by atoms with Crippen LogP contribution in [0.25, 0.3) is 0 Å². The third-order valence-electron chi connectivity index (χ3n) is 2.25. The van der Waals surface area contributed by atoms with Gasteiger partial charge >= 0.3 is 0 Å². The van der Waals surface area contributed by atoms with Crippen LogP contribution >= 0.6 is 0 Å². The fourth-order valence-corrected chi connectivity index (χ4v) is 1.60. The predicted octanol–water partition coefficient (Wildman–Crippen LogP) is 2.71. The Hall–Kier alpha value is -0.590. The first-order valence-electron chi connectivity index (χ1n) is 4.48. The summed E-state index contributed by atoms with van der Waals surface area (Å²) in [7, 11) is 0. The van der Waals surface area contributed by atoms with Gasteiger partial charge in [-0.25, -0.2) is 0 Å². The van der Waals surface area contributed by atoms with E-state index in [2.05, 4.69) is 6.08 Å². The molecule has 0 N–H and O–H groups in total. The Balaban J connectivity index is 2.29. The van der Waals surface area contributed by atoms with Gasteiger partial charge in [-0.05, 0) is 31.8 Å². The van der Waals surface area contributed by atoms with Crippen molar-refractivity contribution in [3.8, 4) is 0 Å². The molecule has 0 unspecified atom stereocenters. The second kappa shape index (κ2) is 4.32. The van der Waals surface area contributed by atoms with Crippen molar-refractivity contribution in [2.24, 2.45) is 5.92 Å². The average Bonchev–Trinajstić information content (AvgIpc) is 2.03. The maximum absolute atomic E-state index is 10.6. The average molecular weight is 152 g/mol. The van der Waals surface area contributed by atoms with Crippen molar-refractivity contribution < 1.29 is 4.79 Å². The van der Waals surface area contributed by atoms with E-state index in [0.29, 0.717) is 5.92 Å². The normalized spacial score (nSPS) is 20.8. The highest BCUT2D eigenvalue weighted by Gasteiger charge is 2.09. The number of carbonyl (C=O) groups excluding carboxylic acids is 1. The molecule has 11 heavy (non-hydrogen) atoms.